The molecule has 6 heterocycles. The predicted octanol–water partition coefficient (Wildman–Crippen LogP) is 14.5. The Hall–Kier alpha value is -8.07. The highest BCUT2D eigenvalue weighted by atomic mass is 32.1. The zero-order chi connectivity index (χ0) is 44.5. The van der Waals surface area contributed by atoms with Crippen LogP contribution in [0.1, 0.15) is 26.3 Å². The Kier molecular flexibility index (Phi) is 8.11. The van der Waals surface area contributed by atoms with Gasteiger partial charge in [-0.2, -0.15) is 0 Å². The number of anilines is 9. The van der Waals surface area contributed by atoms with Gasteiger partial charge in [0.25, 0.3) is 6.71 Å². The van der Waals surface area contributed by atoms with Gasteiger partial charge in [0.1, 0.15) is 17.0 Å². The molecule has 0 saturated heterocycles. The maximum atomic E-state index is 6.91. The van der Waals surface area contributed by atoms with Crippen LogP contribution in [0.2, 0.25) is 0 Å². The van der Waals surface area contributed by atoms with E-state index in [4.69, 9.17) is 9.40 Å². The van der Waals surface area contributed by atoms with E-state index in [1.54, 1.807) is 0 Å². The summed E-state index contributed by atoms with van der Waals surface area (Å²) in [6.07, 6.45) is 2.33. The first-order valence-electron chi connectivity index (χ1n) is 23.0. The van der Waals surface area contributed by atoms with Crippen LogP contribution in [-0.2, 0) is 5.41 Å². The van der Waals surface area contributed by atoms with E-state index in [9.17, 15) is 0 Å². The van der Waals surface area contributed by atoms with Crippen molar-refractivity contribution in [1.82, 2.24) is 9.38 Å². The number of nitrogens with zero attached hydrogens (tertiary/aromatic N) is 5. The van der Waals surface area contributed by atoms with Gasteiger partial charge in [-0.3, -0.25) is 9.30 Å². The molecular formula is C59H42BN5OS. The van der Waals surface area contributed by atoms with Crippen LogP contribution in [0.3, 0.4) is 0 Å². The average molecular weight is 880 g/mol. The molecule has 8 heteroatoms. The number of fused-ring (bicyclic) bond motifs is 12. The normalized spacial score (nSPS) is 13.2. The second-order valence-corrected chi connectivity index (χ2v) is 19.8. The van der Waals surface area contributed by atoms with Crippen LogP contribution in [0.15, 0.2) is 205 Å². The lowest BCUT2D eigenvalue weighted by atomic mass is 9.35. The molecule has 2 aliphatic rings. The molecular weight excluding hydrogens is 838 g/mol. The average Bonchev–Trinajstić information content (AvgIpc) is 4.06. The Morgan fingerprint density at radius 1 is 0.537 bits per heavy atom. The summed E-state index contributed by atoms with van der Waals surface area (Å²) in [7, 11) is 0. The van der Waals surface area contributed by atoms with Crippen LogP contribution in [0.5, 0.6) is 0 Å². The fourth-order valence-corrected chi connectivity index (χ4v) is 12.1. The number of thiophene rings is 1. The second-order valence-electron chi connectivity index (χ2n) is 18.8. The number of hydrogen-bond acceptors (Lipinski definition) is 6. The van der Waals surface area contributed by atoms with E-state index >= 15 is 0 Å². The van der Waals surface area contributed by atoms with Crippen molar-refractivity contribution in [2.75, 3.05) is 14.7 Å². The molecule has 0 atom stereocenters. The molecule has 8 aromatic carbocycles. The lowest BCUT2D eigenvalue weighted by molar-refractivity contribution is 0.586. The molecule has 4 aromatic heterocycles. The van der Waals surface area contributed by atoms with E-state index in [0.717, 1.165) is 84.5 Å². The van der Waals surface area contributed by atoms with Crippen LogP contribution in [-0.4, -0.2) is 16.1 Å². The van der Waals surface area contributed by atoms with Crippen LogP contribution in [0.25, 0.3) is 47.8 Å². The molecule has 2 aliphatic heterocycles. The predicted molar refractivity (Wildman–Crippen MR) is 283 cm³/mol. The molecule has 0 spiro atoms. The van der Waals surface area contributed by atoms with Gasteiger partial charge in [-0.15, -0.1) is 11.3 Å². The van der Waals surface area contributed by atoms with Crippen LogP contribution in [0.4, 0.5) is 51.3 Å². The minimum absolute atomic E-state index is 0.0726. The largest absolute Gasteiger partial charge is 0.454 e. The van der Waals surface area contributed by atoms with Gasteiger partial charge in [0.15, 0.2) is 5.58 Å². The monoisotopic (exact) mass is 879 g/mol. The van der Waals surface area contributed by atoms with E-state index in [2.05, 4.69) is 240 Å². The van der Waals surface area contributed by atoms with E-state index < -0.39 is 0 Å². The summed E-state index contributed by atoms with van der Waals surface area (Å²) >= 11 is 1.86. The maximum Gasteiger partial charge on any atom is 0.277 e. The minimum atomic E-state index is -0.186. The Bertz CT molecular complexity index is 3920. The number of para-hydroxylation sites is 4. The van der Waals surface area contributed by atoms with Gasteiger partial charge in [-0.25, -0.2) is 4.98 Å². The van der Waals surface area contributed by atoms with Gasteiger partial charge in [0.05, 0.1) is 21.7 Å². The van der Waals surface area contributed by atoms with Gasteiger partial charge in [-0.05, 0) is 101 Å². The molecule has 6 nitrogen and oxygen atoms in total. The summed E-state index contributed by atoms with van der Waals surface area (Å²) in [5.41, 5.74) is 15.9. The lowest BCUT2D eigenvalue weighted by Crippen LogP contribution is -2.61. The highest BCUT2D eigenvalue weighted by molar-refractivity contribution is 7.26. The summed E-state index contributed by atoms with van der Waals surface area (Å²) < 4.78 is 11.8. The van der Waals surface area contributed by atoms with Crippen molar-refractivity contribution < 1.29 is 4.42 Å². The van der Waals surface area contributed by atoms with Crippen molar-refractivity contribution >= 4 is 134 Å². The zero-order valence-electron chi connectivity index (χ0n) is 37.2. The smallest absolute Gasteiger partial charge is 0.277 e. The van der Waals surface area contributed by atoms with Crippen molar-refractivity contribution in [3.8, 4) is 0 Å². The second kappa shape index (κ2) is 14.2. The summed E-state index contributed by atoms with van der Waals surface area (Å²) in [4.78, 5) is 13.0. The van der Waals surface area contributed by atoms with Gasteiger partial charge in [0.2, 0.25) is 0 Å². The minimum Gasteiger partial charge on any atom is -0.454 e. The molecule has 0 saturated carbocycles. The van der Waals surface area contributed by atoms with E-state index in [1.807, 2.05) is 11.3 Å². The van der Waals surface area contributed by atoms with Crippen molar-refractivity contribution in [1.29, 1.82) is 0 Å². The quantitative estimate of drug-likeness (QED) is 0.161. The molecule has 0 amide bonds. The molecule has 12 aromatic rings. The van der Waals surface area contributed by atoms with Gasteiger partial charge < -0.3 is 14.2 Å². The SMILES string of the molecule is CC(C)(C)c1ccc2nc3c(n2c1)N(c1cccc2c1sc1ccccc12)c1cccc2c1B3c1ccc(N(c3ccccc3)c3ccccc3)cc1N2c1cccc2c1oc1ccccc12. The van der Waals surface area contributed by atoms with Crippen molar-refractivity contribution in [3.63, 3.8) is 0 Å². The van der Waals surface area contributed by atoms with Gasteiger partial charge >= 0.3 is 0 Å². The molecule has 14 rings (SSSR count). The molecule has 0 fully saturated rings. The van der Waals surface area contributed by atoms with Gasteiger partial charge in [0, 0.05) is 66.6 Å². The summed E-state index contributed by atoms with van der Waals surface area (Å²) in [5, 5.41) is 4.72. The number of hydrogen-bond donors (Lipinski definition) is 0. The molecule has 67 heavy (non-hydrogen) atoms. The fourth-order valence-electron chi connectivity index (χ4n) is 10.9. The Morgan fingerprint density at radius 3 is 1.96 bits per heavy atom. The van der Waals surface area contributed by atoms with E-state index in [0.29, 0.717) is 0 Å². The number of aromatic nitrogens is 2. The van der Waals surface area contributed by atoms with Crippen molar-refractivity contribution in [2.24, 2.45) is 0 Å². The highest BCUT2D eigenvalue weighted by Crippen LogP contribution is 2.50. The fraction of sp³-hybridized carbons (Fsp3) is 0.0678. The van der Waals surface area contributed by atoms with Crippen LogP contribution >= 0.6 is 11.3 Å². The van der Waals surface area contributed by atoms with Crippen molar-refractivity contribution in [3.05, 3.63) is 206 Å². The Morgan fingerprint density at radius 2 is 1.18 bits per heavy atom. The molecule has 0 N–H and O–H groups in total. The first-order valence-corrected chi connectivity index (χ1v) is 23.8. The molecule has 0 aliphatic carbocycles. The molecule has 0 bridgehead atoms. The van der Waals surface area contributed by atoms with Crippen LogP contribution < -0.4 is 31.2 Å². The lowest BCUT2D eigenvalue weighted by Gasteiger charge is -2.42. The number of imidazole rings is 1. The summed E-state index contributed by atoms with van der Waals surface area (Å²) in [6.45, 7) is 6.67. The van der Waals surface area contributed by atoms with Gasteiger partial charge in [-0.1, -0.05) is 136 Å². The summed E-state index contributed by atoms with van der Waals surface area (Å²) in [5.74, 6) is 1.07. The molecule has 318 valence electrons. The third-order valence-corrected chi connectivity index (χ3v) is 15.1. The Balaban J connectivity index is 1.10. The number of pyridine rings is 1. The maximum absolute atomic E-state index is 6.91. The number of rotatable bonds is 5. The first kappa shape index (κ1) is 38.2. The third-order valence-electron chi connectivity index (χ3n) is 13.9. The highest BCUT2D eigenvalue weighted by Gasteiger charge is 2.47. The summed E-state index contributed by atoms with van der Waals surface area (Å²) in [6, 6.07) is 70.2. The first-order chi connectivity index (χ1) is 32.9. The van der Waals surface area contributed by atoms with E-state index in [-0.39, 0.29) is 12.1 Å². The third kappa shape index (κ3) is 5.60. The zero-order valence-corrected chi connectivity index (χ0v) is 38.0. The Labute approximate surface area is 392 Å². The van der Waals surface area contributed by atoms with Crippen molar-refractivity contribution in [2.45, 2.75) is 26.2 Å². The standard InChI is InChI=1S/C59H42BN5OS/c1-59(2,3)37-31-34-53-61-57-58(62(53)36-37)65(49-28-15-24-44-42-22-11-13-30-52(42)67-56(44)49)47-26-16-25-46-54(47)60(57)45-33-32-40(63(38-17-6-4-7-18-38)39-19-8-5-9-20-39)35-50(45)64(46)48-27-14-23-43-41-21-10-12-29-51(41)66-55(43)48/h4-36H,1-3H3. The van der Waals surface area contributed by atoms with Crippen LogP contribution in [0, 0.1) is 0 Å². The van der Waals surface area contributed by atoms with E-state index in [1.165, 1.54) is 36.7 Å². The molecule has 0 radical (unpaired) electrons. The number of benzene rings is 8. The number of furan rings is 1. The topological polar surface area (TPSA) is 40.2 Å². The molecule has 0 unspecified atom stereocenters.